The van der Waals surface area contributed by atoms with Crippen LogP contribution in [0.2, 0.25) is 0 Å². The highest BCUT2D eigenvalue weighted by molar-refractivity contribution is 5.94. The molecule has 3 amide bonds. The molecule has 0 saturated heterocycles. The summed E-state index contributed by atoms with van der Waals surface area (Å²) in [7, 11) is 0. The van der Waals surface area contributed by atoms with E-state index in [1.54, 1.807) is 6.92 Å². The van der Waals surface area contributed by atoms with E-state index in [1.165, 1.54) is 0 Å². The Morgan fingerprint density at radius 1 is 0.735 bits per heavy atom. The highest BCUT2D eigenvalue weighted by atomic mass is 16.4. The van der Waals surface area contributed by atoms with Gasteiger partial charge in [0.2, 0.25) is 17.7 Å². The fourth-order valence-electron chi connectivity index (χ4n) is 3.42. The molecule has 0 aromatic heterocycles. The Labute approximate surface area is 204 Å². The molecular weight excluding hydrogens is 438 g/mol. The Bertz CT molecular complexity index is 660. The van der Waals surface area contributed by atoms with Crippen LogP contribution >= 0.6 is 0 Å². The highest BCUT2D eigenvalue weighted by Gasteiger charge is 2.33. The quantitative estimate of drug-likeness (QED) is 0.167. The zero-order valence-electron chi connectivity index (χ0n) is 21.7. The van der Waals surface area contributed by atoms with Crippen LogP contribution in [0.3, 0.4) is 0 Å². The van der Waals surface area contributed by atoms with Gasteiger partial charge < -0.3 is 32.5 Å². The van der Waals surface area contributed by atoms with Gasteiger partial charge in [0.25, 0.3) is 0 Å². The van der Waals surface area contributed by atoms with Crippen LogP contribution in [0.1, 0.15) is 80.1 Å². The van der Waals surface area contributed by atoms with Crippen molar-refractivity contribution in [2.45, 2.75) is 104 Å². The van der Waals surface area contributed by atoms with E-state index in [9.17, 15) is 24.3 Å². The maximum Gasteiger partial charge on any atom is 0.326 e. The van der Waals surface area contributed by atoms with Crippen molar-refractivity contribution in [3.05, 3.63) is 0 Å². The summed E-state index contributed by atoms with van der Waals surface area (Å²) in [5.41, 5.74) is 11.6. The topological polar surface area (TPSA) is 177 Å². The lowest BCUT2D eigenvalue weighted by Crippen LogP contribution is -2.59. The van der Waals surface area contributed by atoms with Gasteiger partial charge >= 0.3 is 5.97 Å². The standard InChI is InChI=1S/C24H47N5O5/c1-7-14(4)18(26)22(31)28-19(15(5)8-2)23(32)27-17(12-10-11-13-25)21(30)29-20(24(33)34)16(6)9-3/h14-20H,7-13,25-26H2,1-6H3,(H,27,32)(H,28,31)(H,29,30)(H,33,34). The van der Waals surface area contributed by atoms with Crippen molar-refractivity contribution >= 4 is 23.7 Å². The first-order valence-corrected chi connectivity index (χ1v) is 12.5. The van der Waals surface area contributed by atoms with Gasteiger partial charge in [0.1, 0.15) is 18.1 Å². The molecule has 0 fully saturated rings. The minimum Gasteiger partial charge on any atom is -0.480 e. The van der Waals surface area contributed by atoms with E-state index >= 15 is 0 Å². The summed E-state index contributed by atoms with van der Waals surface area (Å²) in [5, 5.41) is 17.6. The number of hydrogen-bond acceptors (Lipinski definition) is 6. The molecule has 0 heterocycles. The molecular formula is C24H47N5O5. The van der Waals surface area contributed by atoms with Gasteiger partial charge in [-0.15, -0.1) is 0 Å². The second-order valence-electron chi connectivity index (χ2n) is 9.34. The number of carboxylic acid groups (broad SMARTS) is 1. The molecule has 0 spiro atoms. The Hall–Kier alpha value is -2.20. The van der Waals surface area contributed by atoms with Crippen LogP contribution in [0.25, 0.3) is 0 Å². The average molecular weight is 486 g/mol. The molecule has 0 rings (SSSR count). The van der Waals surface area contributed by atoms with Gasteiger partial charge in [-0.25, -0.2) is 4.79 Å². The fraction of sp³-hybridized carbons (Fsp3) is 0.833. The van der Waals surface area contributed by atoms with E-state index in [0.717, 1.165) is 6.42 Å². The van der Waals surface area contributed by atoms with Gasteiger partial charge in [-0.3, -0.25) is 14.4 Å². The molecule has 8 N–H and O–H groups in total. The number of nitrogens with two attached hydrogens (primary N) is 2. The molecule has 0 aromatic carbocycles. The van der Waals surface area contributed by atoms with Crippen molar-refractivity contribution in [2.24, 2.45) is 29.2 Å². The number of carbonyl (C=O) groups is 4. The molecule has 34 heavy (non-hydrogen) atoms. The summed E-state index contributed by atoms with van der Waals surface area (Å²) in [4.78, 5) is 50.5. The summed E-state index contributed by atoms with van der Waals surface area (Å²) in [5.74, 6) is -3.14. The van der Waals surface area contributed by atoms with E-state index in [1.807, 2.05) is 34.6 Å². The maximum absolute atomic E-state index is 13.2. The molecule has 0 saturated carbocycles. The first-order valence-electron chi connectivity index (χ1n) is 12.5. The number of carbonyl (C=O) groups excluding carboxylic acids is 3. The van der Waals surface area contributed by atoms with Crippen molar-refractivity contribution < 1.29 is 24.3 Å². The predicted octanol–water partition coefficient (Wildman–Crippen LogP) is 1.12. The van der Waals surface area contributed by atoms with Crippen molar-refractivity contribution in [3.8, 4) is 0 Å². The minimum absolute atomic E-state index is 0.0519. The normalized spacial score (nSPS) is 17.4. The first-order chi connectivity index (χ1) is 15.9. The predicted molar refractivity (Wildman–Crippen MR) is 133 cm³/mol. The van der Waals surface area contributed by atoms with Gasteiger partial charge in [0.15, 0.2) is 0 Å². The van der Waals surface area contributed by atoms with Crippen LogP contribution in [-0.2, 0) is 19.2 Å². The summed E-state index contributed by atoms with van der Waals surface area (Å²) in [6.07, 6.45) is 3.45. The fourth-order valence-corrected chi connectivity index (χ4v) is 3.42. The SMILES string of the molecule is CCC(C)C(N)C(=O)NC(C(=O)NC(CCCCN)C(=O)NC(C(=O)O)C(C)CC)C(C)CC. The number of unbranched alkanes of at least 4 members (excludes halogenated alkanes) is 1. The second-order valence-corrected chi connectivity index (χ2v) is 9.34. The van der Waals surface area contributed by atoms with Crippen LogP contribution in [-0.4, -0.2) is 59.5 Å². The zero-order valence-corrected chi connectivity index (χ0v) is 21.7. The molecule has 0 aliphatic carbocycles. The number of carboxylic acids is 1. The van der Waals surface area contributed by atoms with Crippen molar-refractivity contribution in [3.63, 3.8) is 0 Å². The van der Waals surface area contributed by atoms with Gasteiger partial charge in [0, 0.05) is 0 Å². The molecule has 0 aromatic rings. The third kappa shape index (κ3) is 10.4. The van der Waals surface area contributed by atoms with Gasteiger partial charge in [-0.05, 0) is 43.6 Å². The first kappa shape index (κ1) is 31.8. The Morgan fingerprint density at radius 3 is 1.71 bits per heavy atom. The number of hydrogen-bond donors (Lipinski definition) is 6. The molecule has 0 aliphatic heterocycles. The van der Waals surface area contributed by atoms with E-state index in [2.05, 4.69) is 16.0 Å². The van der Waals surface area contributed by atoms with E-state index in [4.69, 9.17) is 11.5 Å². The smallest absolute Gasteiger partial charge is 0.326 e. The lowest BCUT2D eigenvalue weighted by molar-refractivity contribution is -0.144. The van der Waals surface area contributed by atoms with Crippen LogP contribution in [0, 0.1) is 17.8 Å². The van der Waals surface area contributed by atoms with Gasteiger partial charge in [-0.2, -0.15) is 0 Å². The number of nitrogens with one attached hydrogen (secondary N) is 3. The molecule has 0 bridgehead atoms. The molecule has 198 valence electrons. The summed E-state index contributed by atoms with van der Waals surface area (Å²) in [6, 6.07) is -3.64. The molecule has 10 heteroatoms. The van der Waals surface area contributed by atoms with Crippen molar-refractivity contribution in [2.75, 3.05) is 6.54 Å². The molecule has 7 unspecified atom stereocenters. The summed E-state index contributed by atoms with van der Waals surface area (Å²) >= 11 is 0. The monoisotopic (exact) mass is 485 g/mol. The zero-order chi connectivity index (χ0) is 26.4. The van der Waals surface area contributed by atoms with Crippen LogP contribution in [0.4, 0.5) is 0 Å². The number of aliphatic carboxylic acids is 1. The number of rotatable bonds is 17. The highest BCUT2D eigenvalue weighted by Crippen LogP contribution is 2.13. The Morgan fingerprint density at radius 2 is 1.24 bits per heavy atom. The minimum atomic E-state index is -1.13. The van der Waals surface area contributed by atoms with Gasteiger partial charge in [0.05, 0.1) is 6.04 Å². The third-order valence-electron chi connectivity index (χ3n) is 6.71. The van der Waals surface area contributed by atoms with E-state index in [-0.39, 0.29) is 17.8 Å². The van der Waals surface area contributed by atoms with Crippen molar-refractivity contribution in [1.29, 1.82) is 0 Å². The molecule has 7 atom stereocenters. The Balaban J connectivity index is 5.64. The molecule has 0 aliphatic rings. The maximum atomic E-state index is 13.2. The van der Waals surface area contributed by atoms with E-state index in [0.29, 0.717) is 38.6 Å². The third-order valence-corrected chi connectivity index (χ3v) is 6.71. The molecule has 0 radical (unpaired) electrons. The largest absolute Gasteiger partial charge is 0.480 e. The molecule has 10 nitrogen and oxygen atoms in total. The van der Waals surface area contributed by atoms with Gasteiger partial charge in [-0.1, -0.05) is 60.8 Å². The summed E-state index contributed by atoms with van der Waals surface area (Å²) in [6.45, 7) is 11.6. The Kier molecular flexibility index (Phi) is 15.4. The van der Waals surface area contributed by atoms with Crippen molar-refractivity contribution in [1.82, 2.24) is 16.0 Å². The van der Waals surface area contributed by atoms with Crippen LogP contribution in [0.5, 0.6) is 0 Å². The lowest BCUT2D eigenvalue weighted by atomic mass is 9.95. The van der Waals surface area contributed by atoms with Crippen LogP contribution in [0.15, 0.2) is 0 Å². The average Bonchev–Trinajstić information content (AvgIpc) is 2.82. The summed E-state index contributed by atoms with van der Waals surface area (Å²) < 4.78 is 0. The second kappa shape index (κ2) is 16.4. The van der Waals surface area contributed by atoms with Crippen LogP contribution < -0.4 is 27.4 Å². The van der Waals surface area contributed by atoms with E-state index < -0.39 is 47.9 Å². The number of amides is 3. The lowest BCUT2D eigenvalue weighted by Gasteiger charge is -2.29.